The molecule has 1 aliphatic rings. The summed E-state index contributed by atoms with van der Waals surface area (Å²) in [7, 11) is 0. The summed E-state index contributed by atoms with van der Waals surface area (Å²) in [6.45, 7) is 2.12. The Morgan fingerprint density at radius 2 is 1.83 bits per heavy atom. The van der Waals surface area contributed by atoms with Gasteiger partial charge in [0, 0.05) is 6.04 Å². The number of nitrogens with two attached hydrogens (primary N) is 1. The minimum absolute atomic E-state index is 0.313. The molecule has 2 nitrogen and oxygen atoms in total. The van der Waals surface area contributed by atoms with Gasteiger partial charge in [-0.2, -0.15) is 0 Å². The maximum absolute atomic E-state index is 5.71. The second kappa shape index (κ2) is 6.91. The molecule has 1 aromatic carbocycles. The van der Waals surface area contributed by atoms with Gasteiger partial charge in [0.25, 0.3) is 0 Å². The van der Waals surface area contributed by atoms with Gasteiger partial charge in [0.15, 0.2) is 0 Å². The van der Waals surface area contributed by atoms with Gasteiger partial charge >= 0.3 is 0 Å². The van der Waals surface area contributed by atoms with Gasteiger partial charge in [-0.15, -0.1) is 0 Å². The van der Waals surface area contributed by atoms with Gasteiger partial charge in [-0.3, -0.25) is 11.3 Å². The molecule has 2 rings (SSSR count). The van der Waals surface area contributed by atoms with Crippen LogP contribution < -0.4 is 11.3 Å². The molecule has 18 heavy (non-hydrogen) atoms. The lowest BCUT2D eigenvalue weighted by molar-refractivity contribution is 0.315. The molecule has 0 aromatic heterocycles. The highest BCUT2D eigenvalue weighted by Crippen LogP contribution is 2.30. The molecule has 0 heterocycles. The second-order valence-corrected chi connectivity index (χ2v) is 5.71. The van der Waals surface area contributed by atoms with Crippen LogP contribution in [0.15, 0.2) is 24.3 Å². The molecule has 0 bridgehead atoms. The minimum Gasteiger partial charge on any atom is -0.271 e. The maximum Gasteiger partial charge on any atom is 0.0460 e. The van der Waals surface area contributed by atoms with Gasteiger partial charge in [-0.1, -0.05) is 61.9 Å². The van der Waals surface area contributed by atoms with Crippen LogP contribution in [0.25, 0.3) is 0 Å². The van der Waals surface area contributed by atoms with Gasteiger partial charge in [0.1, 0.15) is 0 Å². The Hall–Kier alpha value is -0.860. The zero-order valence-corrected chi connectivity index (χ0v) is 11.5. The summed E-state index contributed by atoms with van der Waals surface area (Å²) in [5, 5.41) is 0. The summed E-state index contributed by atoms with van der Waals surface area (Å²) in [5.74, 6) is 6.64. The summed E-state index contributed by atoms with van der Waals surface area (Å²) in [5.41, 5.74) is 5.60. The number of hydrazine groups is 1. The molecule has 1 aliphatic carbocycles. The molecular weight excluding hydrogens is 220 g/mol. The van der Waals surface area contributed by atoms with E-state index in [0.29, 0.717) is 6.04 Å². The van der Waals surface area contributed by atoms with Crippen molar-refractivity contribution in [2.75, 3.05) is 0 Å². The van der Waals surface area contributed by atoms with Crippen molar-refractivity contribution >= 4 is 0 Å². The topological polar surface area (TPSA) is 38.0 Å². The van der Waals surface area contributed by atoms with Crippen LogP contribution in [0.1, 0.15) is 62.1 Å². The molecule has 0 saturated heterocycles. The summed E-state index contributed by atoms with van der Waals surface area (Å²) in [6.07, 6.45) is 9.60. The molecule has 100 valence electrons. The Bertz CT molecular complexity index is 339. The van der Waals surface area contributed by atoms with Gasteiger partial charge in [-0.05, 0) is 31.2 Å². The Balaban J connectivity index is 1.86. The van der Waals surface area contributed by atoms with E-state index >= 15 is 0 Å². The highest BCUT2D eigenvalue weighted by Gasteiger charge is 2.16. The quantitative estimate of drug-likeness (QED) is 0.611. The minimum atomic E-state index is 0.313. The van der Waals surface area contributed by atoms with Crippen LogP contribution in [0.3, 0.4) is 0 Å². The van der Waals surface area contributed by atoms with Crippen molar-refractivity contribution in [2.45, 2.75) is 57.9 Å². The highest BCUT2D eigenvalue weighted by molar-refractivity contribution is 5.23. The third-order valence-electron chi connectivity index (χ3n) is 4.27. The molecule has 1 aromatic rings. The lowest BCUT2D eigenvalue weighted by Crippen LogP contribution is -2.28. The van der Waals surface area contributed by atoms with Crippen LogP contribution in [0.2, 0.25) is 0 Å². The summed E-state index contributed by atoms with van der Waals surface area (Å²) in [4.78, 5) is 0. The summed E-state index contributed by atoms with van der Waals surface area (Å²) < 4.78 is 0. The van der Waals surface area contributed by atoms with Gasteiger partial charge in [0.2, 0.25) is 0 Å². The first-order chi connectivity index (χ1) is 8.79. The summed E-state index contributed by atoms with van der Waals surface area (Å²) >= 11 is 0. The van der Waals surface area contributed by atoms with Crippen molar-refractivity contribution in [2.24, 2.45) is 11.8 Å². The molecule has 1 atom stereocenters. The molecule has 3 N–H and O–H groups in total. The Kier molecular flexibility index (Phi) is 5.21. The fourth-order valence-corrected chi connectivity index (χ4v) is 3.02. The number of nitrogens with one attached hydrogen (secondary N) is 1. The second-order valence-electron chi connectivity index (χ2n) is 5.71. The Morgan fingerprint density at radius 3 is 2.44 bits per heavy atom. The number of benzene rings is 1. The van der Waals surface area contributed by atoms with E-state index in [9.17, 15) is 0 Å². The van der Waals surface area contributed by atoms with E-state index in [1.807, 2.05) is 0 Å². The molecule has 1 fully saturated rings. The van der Waals surface area contributed by atoms with Crippen LogP contribution in [0, 0.1) is 12.8 Å². The molecule has 0 spiro atoms. The molecule has 0 amide bonds. The first-order valence-corrected chi connectivity index (χ1v) is 7.32. The van der Waals surface area contributed by atoms with Gasteiger partial charge in [0.05, 0.1) is 0 Å². The lowest BCUT2D eigenvalue weighted by Gasteiger charge is -2.24. The lowest BCUT2D eigenvalue weighted by atomic mass is 9.84. The van der Waals surface area contributed by atoms with Crippen LogP contribution >= 0.6 is 0 Å². The Morgan fingerprint density at radius 1 is 1.17 bits per heavy atom. The van der Waals surface area contributed by atoms with E-state index in [2.05, 4.69) is 36.6 Å². The van der Waals surface area contributed by atoms with Crippen LogP contribution in [-0.4, -0.2) is 0 Å². The van der Waals surface area contributed by atoms with Crippen molar-refractivity contribution in [3.63, 3.8) is 0 Å². The van der Waals surface area contributed by atoms with E-state index in [-0.39, 0.29) is 0 Å². The van der Waals surface area contributed by atoms with Crippen molar-refractivity contribution in [3.05, 3.63) is 35.4 Å². The number of hydrogen-bond acceptors (Lipinski definition) is 2. The van der Waals surface area contributed by atoms with Crippen molar-refractivity contribution in [3.8, 4) is 0 Å². The number of aryl methyl sites for hydroxylation is 1. The van der Waals surface area contributed by atoms with Crippen LogP contribution in [-0.2, 0) is 0 Å². The predicted molar refractivity (Wildman–Crippen MR) is 77.1 cm³/mol. The molecule has 2 heteroatoms. The van der Waals surface area contributed by atoms with Crippen LogP contribution in [0.5, 0.6) is 0 Å². The fourth-order valence-electron chi connectivity index (χ4n) is 3.02. The van der Waals surface area contributed by atoms with Crippen molar-refractivity contribution < 1.29 is 0 Å². The predicted octanol–water partition coefficient (Wildman–Crippen LogP) is 3.86. The smallest absolute Gasteiger partial charge is 0.0460 e. The summed E-state index contributed by atoms with van der Waals surface area (Å²) in [6, 6.07) is 9.04. The van der Waals surface area contributed by atoms with Gasteiger partial charge in [-0.25, -0.2) is 0 Å². The largest absolute Gasteiger partial charge is 0.271 e. The van der Waals surface area contributed by atoms with Gasteiger partial charge < -0.3 is 0 Å². The molecule has 1 saturated carbocycles. The normalized spacial score (nSPS) is 18.8. The van der Waals surface area contributed by atoms with E-state index in [1.165, 1.54) is 49.7 Å². The number of rotatable bonds is 5. The zero-order chi connectivity index (χ0) is 12.8. The third-order valence-corrected chi connectivity index (χ3v) is 4.27. The van der Waals surface area contributed by atoms with Crippen molar-refractivity contribution in [1.82, 2.24) is 5.43 Å². The average Bonchev–Trinajstić information content (AvgIpc) is 2.42. The standard InChI is InChI=1S/C16H26N2/c1-13-7-10-15(11-8-13)16(18-17)12-9-14-5-3-2-4-6-14/h7-8,10-11,14,16,18H,2-6,9,12,17H2,1H3. The van der Waals surface area contributed by atoms with Crippen molar-refractivity contribution in [1.29, 1.82) is 0 Å². The first-order valence-electron chi connectivity index (χ1n) is 7.32. The SMILES string of the molecule is Cc1ccc(C(CCC2CCCCC2)NN)cc1. The average molecular weight is 246 g/mol. The van der Waals surface area contributed by atoms with Crippen LogP contribution in [0.4, 0.5) is 0 Å². The van der Waals surface area contributed by atoms with E-state index in [1.54, 1.807) is 0 Å². The first kappa shape index (κ1) is 13.6. The molecular formula is C16H26N2. The highest BCUT2D eigenvalue weighted by atomic mass is 15.2. The number of hydrogen-bond donors (Lipinski definition) is 2. The molecule has 0 radical (unpaired) electrons. The third kappa shape index (κ3) is 3.82. The monoisotopic (exact) mass is 246 g/mol. The van der Waals surface area contributed by atoms with E-state index in [0.717, 1.165) is 12.3 Å². The zero-order valence-electron chi connectivity index (χ0n) is 11.5. The van der Waals surface area contributed by atoms with E-state index in [4.69, 9.17) is 5.84 Å². The Labute approximate surface area is 111 Å². The molecule has 0 aliphatic heterocycles. The molecule has 1 unspecified atom stereocenters. The van der Waals surface area contributed by atoms with E-state index < -0.39 is 0 Å². The fraction of sp³-hybridized carbons (Fsp3) is 0.625. The maximum atomic E-state index is 5.71.